The van der Waals surface area contributed by atoms with Crippen LogP contribution in [0, 0.1) is 0 Å². The molecule has 0 amide bonds. The molecule has 2 aromatic rings. The van der Waals surface area contributed by atoms with Crippen LogP contribution < -0.4 is 15.4 Å². The molecule has 134 valence electrons. The van der Waals surface area contributed by atoms with Crippen molar-refractivity contribution in [3.05, 3.63) is 53.2 Å². The quantitative estimate of drug-likeness (QED) is 0.486. The fourth-order valence-electron chi connectivity index (χ4n) is 3.00. The van der Waals surface area contributed by atoms with E-state index in [4.69, 9.17) is 17.0 Å². The van der Waals surface area contributed by atoms with Crippen molar-refractivity contribution < 1.29 is 19.1 Å². The second-order valence-corrected chi connectivity index (χ2v) is 6.27. The van der Waals surface area contributed by atoms with E-state index in [2.05, 4.69) is 15.4 Å². The average Bonchev–Trinajstić information content (AvgIpc) is 2.65. The summed E-state index contributed by atoms with van der Waals surface area (Å²) in [5.74, 6) is -0.845. The molecular formula is C19H18N2O4S. The maximum Gasteiger partial charge on any atom is 0.379 e. The van der Waals surface area contributed by atoms with Gasteiger partial charge in [-0.3, -0.25) is 4.79 Å². The third kappa shape index (κ3) is 3.25. The van der Waals surface area contributed by atoms with Crippen LogP contribution in [0.2, 0.25) is 0 Å². The first-order valence-electron chi connectivity index (χ1n) is 7.93. The zero-order chi connectivity index (χ0) is 18.8. The Morgan fingerprint density at radius 3 is 2.46 bits per heavy atom. The number of esters is 1. The Balaban J connectivity index is 2.08. The molecule has 7 heteroatoms. The van der Waals surface area contributed by atoms with E-state index < -0.39 is 17.8 Å². The maximum atomic E-state index is 12.5. The van der Waals surface area contributed by atoms with Gasteiger partial charge in [-0.2, -0.15) is 0 Å². The van der Waals surface area contributed by atoms with Crippen molar-refractivity contribution in [3.63, 3.8) is 0 Å². The van der Waals surface area contributed by atoms with Gasteiger partial charge in [-0.1, -0.05) is 18.2 Å². The zero-order valence-corrected chi connectivity index (χ0v) is 15.4. The Kier molecular flexibility index (Phi) is 4.90. The van der Waals surface area contributed by atoms with Crippen LogP contribution in [0.5, 0.6) is 5.75 Å². The third-order valence-electron chi connectivity index (χ3n) is 4.29. The highest BCUT2D eigenvalue weighted by Crippen LogP contribution is 2.30. The van der Waals surface area contributed by atoms with Gasteiger partial charge in [0.25, 0.3) is 5.78 Å². The number of ether oxygens (including phenoxy) is 2. The standard InChI is InChI=1S/C19H18N2O4S/c1-10-15(17(22)18(23)25-3)16(21-19(26)20-10)13-5-4-12-9-14(24-2)7-6-11(12)8-13/h4-9,16H,1-3H3,(H2,20,21,26)/t16-/m0/s1. The highest BCUT2D eigenvalue weighted by molar-refractivity contribution is 7.80. The number of carbonyl (C=O) groups is 2. The van der Waals surface area contributed by atoms with Gasteiger partial charge >= 0.3 is 5.97 Å². The molecule has 1 heterocycles. The monoisotopic (exact) mass is 370 g/mol. The number of nitrogens with one attached hydrogen (secondary N) is 2. The molecule has 0 radical (unpaired) electrons. The SMILES string of the molecule is COC(=O)C(=O)C1=C(C)NC(=S)N[C@H]1c1ccc2cc(OC)ccc2c1. The third-order valence-corrected chi connectivity index (χ3v) is 4.51. The fraction of sp³-hybridized carbons (Fsp3) is 0.211. The Bertz CT molecular complexity index is 952. The molecular weight excluding hydrogens is 352 g/mol. The van der Waals surface area contributed by atoms with E-state index in [0.717, 1.165) is 22.1 Å². The summed E-state index contributed by atoms with van der Waals surface area (Å²) < 4.78 is 9.84. The molecule has 2 aromatic carbocycles. The van der Waals surface area contributed by atoms with Crippen LogP contribution in [0.3, 0.4) is 0 Å². The molecule has 0 unspecified atom stereocenters. The molecule has 1 atom stereocenters. The number of benzene rings is 2. The minimum Gasteiger partial charge on any atom is -0.497 e. The summed E-state index contributed by atoms with van der Waals surface area (Å²) >= 11 is 5.22. The van der Waals surface area contributed by atoms with Gasteiger partial charge in [0.2, 0.25) is 0 Å². The lowest BCUT2D eigenvalue weighted by molar-refractivity contribution is -0.150. The van der Waals surface area contributed by atoms with Crippen molar-refractivity contribution in [1.82, 2.24) is 10.6 Å². The number of thiocarbonyl (C=S) groups is 1. The summed E-state index contributed by atoms with van der Waals surface area (Å²) in [7, 11) is 2.80. The Labute approximate surface area is 156 Å². The number of ketones is 1. The Morgan fingerprint density at radius 2 is 1.77 bits per heavy atom. The van der Waals surface area contributed by atoms with Crippen molar-refractivity contribution in [3.8, 4) is 5.75 Å². The summed E-state index contributed by atoms with van der Waals surface area (Å²) in [6.07, 6.45) is 0. The van der Waals surface area contributed by atoms with Crippen molar-refractivity contribution in [1.29, 1.82) is 0 Å². The van der Waals surface area contributed by atoms with Crippen LogP contribution in [-0.4, -0.2) is 31.1 Å². The van der Waals surface area contributed by atoms with Gasteiger partial charge in [0.05, 0.1) is 25.8 Å². The van der Waals surface area contributed by atoms with Crippen molar-refractivity contribution in [2.45, 2.75) is 13.0 Å². The van der Waals surface area contributed by atoms with Crippen molar-refractivity contribution in [2.75, 3.05) is 14.2 Å². The highest BCUT2D eigenvalue weighted by atomic mass is 32.1. The van der Waals surface area contributed by atoms with E-state index in [1.54, 1.807) is 14.0 Å². The van der Waals surface area contributed by atoms with E-state index in [0.29, 0.717) is 16.4 Å². The average molecular weight is 370 g/mol. The van der Waals surface area contributed by atoms with Gasteiger partial charge in [0, 0.05) is 5.70 Å². The first-order valence-corrected chi connectivity index (χ1v) is 8.34. The molecule has 6 nitrogen and oxygen atoms in total. The predicted octanol–water partition coefficient (Wildman–Crippen LogP) is 2.38. The predicted molar refractivity (Wildman–Crippen MR) is 102 cm³/mol. The topological polar surface area (TPSA) is 76.7 Å². The molecule has 1 aliphatic heterocycles. The smallest absolute Gasteiger partial charge is 0.379 e. The molecule has 26 heavy (non-hydrogen) atoms. The van der Waals surface area contributed by atoms with Crippen LogP contribution in [-0.2, 0) is 14.3 Å². The molecule has 0 saturated carbocycles. The van der Waals surface area contributed by atoms with E-state index in [9.17, 15) is 9.59 Å². The lowest BCUT2D eigenvalue weighted by Gasteiger charge is -2.30. The normalized spacial score (nSPS) is 16.7. The van der Waals surface area contributed by atoms with Gasteiger partial charge in [-0.25, -0.2) is 4.79 Å². The second kappa shape index (κ2) is 7.13. The van der Waals surface area contributed by atoms with Gasteiger partial charge in [0.15, 0.2) is 5.11 Å². The molecule has 0 aliphatic carbocycles. The summed E-state index contributed by atoms with van der Waals surface area (Å²) in [6.45, 7) is 1.71. The lowest BCUT2D eigenvalue weighted by atomic mass is 9.91. The molecule has 0 aromatic heterocycles. The minimum atomic E-state index is -0.911. The number of Topliss-reactive ketones (excluding diaryl/α,β-unsaturated/α-hetero) is 1. The van der Waals surface area contributed by atoms with Crippen molar-refractivity contribution in [2.24, 2.45) is 0 Å². The van der Waals surface area contributed by atoms with Crippen LogP contribution in [0.1, 0.15) is 18.5 Å². The number of fused-ring (bicyclic) bond motifs is 1. The van der Waals surface area contributed by atoms with Gasteiger partial charge in [-0.15, -0.1) is 0 Å². The van der Waals surface area contributed by atoms with E-state index in [1.165, 1.54) is 7.11 Å². The van der Waals surface area contributed by atoms with Crippen LogP contribution >= 0.6 is 12.2 Å². The molecule has 2 N–H and O–H groups in total. The number of hydrogen-bond donors (Lipinski definition) is 2. The molecule has 3 rings (SSSR count). The summed E-state index contributed by atoms with van der Waals surface area (Å²) in [5, 5.41) is 8.35. The van der Waals surface area contributed by atoms with Gasteiger partial charge in [-0.05, 0) is 53.7 Å². The first-order chi connectivity index (χ1) is 12.4. The molecule has 0 spiro atoms. The van der Waals surface area contributed by atoms with Crippen LogP contribution in [0.15, 0.2) is 47.7 Å². The van der Waals surface area contributed by atoms with Crippen molar-refractivity contribution >= 4 is 39.9 Å². The van der Waals surface area contributed by atoms with Crippen LogP contribution in [0.4, 0.5) is 0 Å². The van der Waals surface area contributed by atoms with Gasteiger partial charge < -0.3 is 20.1 Å². The molecule has 0 fully saturated rings. The summed E-state index contributed by atoms with van der Waals surface area (Å²) in [5.41, 5.74) is 1.64. The molecule has 1 aliphatic rings. The van der Waals surface area contributed by atoms with E-state index in [-0.39, 0.29) is 0 Å². The van der Waals surface area contributed by atoms with E-state index >= 15 is 0 Å². The second-order valence-electron chi connectivity index (χ2n) is 5.86. The summed E-state index contributed by atoms with van der Waals surface area (Å²) in [6, 6.07) is 11.0. The molecule has 0 saturated heterocycles. The Hall–Kier alpha value is -2.93. The largest absolute Gasteiger partial charge is 0.497 e. The fourth-order valence-corrected chi connectivity index (χ4v) is 3.27. The number of rotatable bonds is 4. The van der Waals surface area contributed by atoms with Crippen LogP contribution in [0.25, 0.3) is 10.8 Å². The number of carbonyl (C=O) groups excluding carboxylic acids is 2. The minimum absolute atomic E-state index is 0.290. The molecule has 0 bridgehead atoms. The summed E-state index contributed by atoms with van der Waals surface area (Å²) in [4.78, 5) is 24.3. The first kappa shape index (κ1) is 17.9. The number of hydrogen-bond acceptors (Lipinski definition) is 5. The number of methoxy groups -OCH3 is 2. The van der Waals surface area contributed by atoms with Gasteiger partial charge in [0.1, 0.15) is 5.75 Å². The van der Waals surface area contributed by atoms with E-state index in [1.807, 2.05) is 36.4 Å². The lowest BCUT2D eigenvalue weighted by Crippen LogP contribution is -2.45. The Morgan fingerprint density at radius 1 is 1.08 bits per heavy atom. The zero-order valence-electron chi connectivity index (χ0n) is 14.6. The highest BCUT2D eigenvalue weighted by Gasteiger charge is 2.33. The number of allylic oxidation sites excluding steroid dienone is 1. The maximum absolute atomic E-state index is 12.5.